The van der Waals surface area contributed by atoms with E-state index in [-0.39, 0.29) is 11.5 Å². The van der Waals surface area contributed by atoms with E-state index in [1.54, 1.807) is 12.1 Å². The van der Waals surface area contributed by atoms with Crippen LogP contribution in [0.4, 0.5) is 5.13 Å². The second-order valence-corrected chi connectivity index (χ2v) is 4.84. The minimum atomic E-state index is -0.970. The molecular weight excluding hydrogens is 252 g/mol. The molecule has 18 heavy (non-hydrogen) atoms. The largest absolute Gasteiger partial charge is 0.478 e. The number of aromatic nitrogens is 1. The number of fused-ring (bicyclic) bond motifs is 1. The molecule has 2 aromatic rings. The van der Waals surface area contributed by atoms with Crippen LogP contribution in [0.25, 0.3) is 10.2 Å². The lowest BCUT2D eigenvalue weighted by atomic mass is 10.2. The molecule has 0 radical (unpaired) electrons. The second kappa shape index (κ2) is 5.14. The smallest absolute Gasteiger partial charge is 0.335 e. The molecule has 0 fully saturated rings. The van der Waals surface area contributed by atoms with Crippen molar-refractivity contribution >= 4 is 38.6 Å². The third-order valence-corrected chi connectivity index (χ3v) is 3.29. The Kier molecular flexibility index (Phi) is 3.57. The van der Waals surface area contributed by atoms with Crippen LogP contribution in [-0.2, 0) is 4.79 Å². The van der Waals surface area contributed by atoms with Crippen LogP contribution in [-0.4, -0.2) is 22.0 Å². The Balaban J connectivity index is 2.27. The standard InChI is InChI=1S/C12H12N2O3S/c1-2-3-10(15)14-12-13-8-5-4-7(11(16)17)6-9(8)18-12/h4-6H,2-3H2,1H3,(H,16,17)(H,13,14,15). The van der Waals surface area contributed by atoms with Gasteiger partial charge in [0.1, 0.15) is 0 Å². The molecule has 1 heterocycles. The molecule has 0 aliphatic heterocycles. The first-order valence-electron chi connectivity index (χ1n) is 5.54. The summed E-state index contributed by atoms with van der Waals surface area (Å²) in [7, 11) is 0. The average molecular weight is 264 g/mol. The highest BCUT2D eigenvalue weighted by Gasteiger charge is 2.09. The van der Waals surface area contributed by atoms with Crippen LogP contribution in [0.1, 0.15) is 30.1 Å². The molecule has 0 spiro atoms. The number of nitrogens with zero attached hydrogens (tertiary/aromatic N) is 1. The molecule has 6 heteroatoms. The molecule has 0 saturated carbocycles. The summed E-state index contributed by atoms with van der Waals surface area (Å²) < 4.78 is 0.752. The van der Waals surface area contributed by atoms with Crippen molar-refractivity contribution in [2.75, 3.05) is 5.32 Å². The summed E-state index contributed by atoms with van der Waals surface area (Å²) in [5, 5.41) is 12.1. The van der Waals surface area contributed by atoms with E-state index >= 15 is 0 Å². The highest BCUT2D eigenvalue weighted by Crippen LogP contribution is 2.26. The normalized spacial score (nSPS) is 10.5. The van der Waals surface area contributed by atoms with E-state index in [9.17, 15) is 9.59 Å². The predicted molar refractivity (Wildman–Crippen MR) is 70.1 cm³/mol. The maximum atomic E-state index is 11.4. The molecule has 0 atom stereocenters. The average Bonchev–Trinajstić information content (AvgIpc) is 2.69. The molecular formula is C12H12N2O3S. The zero-order chi connectivity index (χ0) is 13.1. The van der Waals surface area contributed by atoms with Gasteiger partial charge in [-0.2, -0.15) is 0 Å². The lowest BCUT2D eigenvalue weighted by molar-refractivity contribution is -0.116. The zero-order valence-corrected chi connectivity index (χ0v) is 10.6. The van der Waals surface area contributed by atoms with Crippen LogP contribution in [0, 0.1) is 0 Å². The molecule has 0 saturated heterocycles. The fourth-order valence-electron chi connectivity index (χ4n) is 1.52. The summed E-state index contributed by atoms with van der Waals surface area (Å²) in [6.07, 6.45) is 1.23. The van der Waals surface area contributed by atoms with Gasteiger partial charge in [-0.05, 0) is 24.6 Å². The minimum absolute atomic E-state index is 0.0741. The van der Waals surface area contributed by atoms with Crippen LogP contribution in [0.2, 0.25) is 0 Å². The van der Waals surface area contributed by atoms with Crippen molar-refractivity contribution in [2.24, 2.45) is 0 Å². The molecule has 5 nitrogen and oxygen atoms in total. The topological polar surface area (TPSA) is 79.3 Å². The first-order chi connectivity index (χ1) is 8.60. The van der Waals surface area contributed by atoms with E-state index < -0.39 is 5.97 Å². The van der Waals surface area contributed by atoms with Crippen molar-refractivity contribution < 1.29 is 14.7 Å². The number of rotatable bonds is 4. The number of carboxylic acid groups (broad SMARTS) is 1. The molecule has 0 aliphatic rings. The molecule has 94 valence electrons. The van der Waals surface area contributed by atoms with Crippen LogP contribution in [0.3, 0.4) is 0 Å². The number of amides is 1. The number of aromatic carboxylic acids is 1. The predicted octanol–water partition coefficient (Wildman–Crippen LogP) is 2.73. The fourth-order valence-corrected chi connectivity index (χ4v) is 2.44. The Bertz CT molecular complexity index is 606. The zero-order valence-electron chi connectivity index (χ0n) is 9.77. The number of hydrogen-bond donors (Lipinski definition) is 2. The van der Waals surface area contributed by atoms with E-state index in [1.165, 1.54) is 17.4 Å². The molecule has 1 aromatic heterocycles. The van der Waals surface area contributed by atoms with Crippen molar-refractivity contribution in [1.82, 2.24) is 4.98 Å². The first kappa shape index (κ1) is 12.5. The monoisotopic (exact) mass is 264 g/mol. The SMILES string of the molecule is CCCC(=O)Nc1nc2ccc(C(=O)O)cc2s1. The Morgan fingerprint density at radius 3 is 2.89 bits per heavy atom. The number of thiazole rings is 1. The summed E-state index contributed by atoms with van der Waals surface area (Å²) in [5.41, 5.74) is 0.911. The third kappa shape index (κ3) is 2.65. The van der Waals surface area contributed by atoms with Gasteiger partial charge in [-0.1, -0.05) is 18.3 Å². The number of carbonyl (C=O) groups excluding carboxylic acids is 1. The van der Waals surface area contributed by atoms with Gasteiger partial charge >= 0.3 is 5.97 Å². The maximum Gasteiger partial charge on any atom is 0.335 e. The van der Waals surface area contributed by atoms with E-state index in [1.807, 2.05) is 6.92 Å². The van der Waals surface area contributed by atoms with Crippen LogP contribution >= 0.6 is 11.3 Å². The Morgan fingerprint density at radius 1 is 1.44 bits per heavy atom. The summed E-state index contributed by atoms with van der Waals surface area (Å²) in [5.74, 6) is -1.04. The highest BCUT2D eigenvalue weighted by molar-refractivity contribution is 7.22. The lowest BCUT2D eigenvalue weighted by Crippen LogP contribution is -2.09. The van der Waals surface area contributed by atoms with Crippen molar-refractivity contribution in [2.45, 2.75) is 19.8 Å². The molecule has 2 N–H and O–H groups in total. The van der Waals surface area contributed by atoms with E-state index in [4.69, 9.17) is 5.11 Å². The Hall–Kier alpha value is -1.95. The number of nitrogens with one attached hydrogen (secondary N) is 1. The van der Waals surface area contributed by atoms with Crippen molar-refractivity contribution in [3.05, 3.63) is 23.8 Å². The Morgan fingerprint density at radius 2 is 2.22 bits per heavy atom. The lowest BCUT2D eigenvalue weighted by Gasteiger charge is -1.97. The van der Waals surface area contributed by atoms with Gasteiger partial charge in [0.15, 0.2) is 5.13 Å². The highest BCUT2D eigenvalue weighted by atomic mass is 32.1. The van der Waals surface area contributed by atoms with Crippen LogP contribution in [0.15, 0.2) is 18.2 Å². The molecule has 0 unspecified atom stereocenters. The third-order valence-electron chi connectivity index (χ3n) is 2.36. The number of hydrogen-bond acceptors (Lipinski definition) is 4. The Labute approximate surface area is 107 Å². The fraction of sp³-hybridized carbons (Fsp3) is 0.250. The van der Waals surface area contributed by atoms with Gasteiger partial charge in [0.25, 0.3) is 0 Å². The number of anilines is 1. The van der Waals surface area contributed by atoms with E-state index in [0.29, 0.717) is 17.1 Å². The summed E-state index contributed by atoms with van der Waals surface area (Å²) in [6.45, 7) is 1.93. The van der Waals surface area contributed by atoms with E-state index in [0.717, 1.165) is 11.1 Å². The van der Waals surface area contributed by atoms with E-state index in [2.05, 4.69) is 10.3 Å². The molecule has 1 amide bonds. The van der Waals surface area contributed by atoms with Crippen LogP contribution in [0.5, 0.6) is 0 Å². The summed E-state index contributed by atoms with van der Waals surface area (Å²) >= 11 is 1.28. The van der Waals surface area contributed by atoms with Gasteiger partial charge in [0, 0.05) is 6.42 Å². The quantitative estimate of drug-likeness (QED) is 0.889. The van der Waals surface area contributed by atoms with Gasteiger partial charge in [0.2, 0.25) is 5.91 Å². The maximum absolute atomic E-state index is 11.4. The summed E-state index contributed by atoms with van der Waals surface area (Å²) in [6, 6.07) is 4.71. The van der Waals surface area contributed by atoms with Gasteiger partial charge in [-0.3, -0.25) is 4.79 Å². The van der Waals surface area contributed by atoms with Gasteiger partial charge < -0.3 is 10.4 Å². The van der Waals surface area contributed by atoms with Crippen molar-refractivity contribution in [3.8, 4) is 0 Å². The first-order valence-corrected chi connectivity index (χ1v) is 6.35. The number of carboxylic acids is 1. The second-order valence-electron chi connectivity index (χ2n) is 3.80. The molecule has 2 rings (SSSR count). The summed E-state index contributed by atoms with van der Waals surface area (Å²) in [4.78, 5) is 26.5. The van der Waals surface area contributed by atoms with Gasteiger partial charge in [-0.15, -0.1) is 0 Å². The van der Waals surface area contributed by atoms with Crippen LogP contribution < -0.4 is 5.32 Å². The van der Waals surface area contributed by atoms with Crippen molar-refractivity contribution in [1.29, 1.82) is 0 Å². The van der Waals surface area contributed by atoms with Crippen molar-refractivity contribution in [3.63, 3.8) is 0 Å². The minimum Gasteiger partial charge on any atom is -0.478 e. The molecule has 0 bridgehead atoms. The molecule has 0 aliphatic carbocycles. The van der Waals surface area contributed by atoms with Gasteiger partial charge in [0.05, 0.1) is 15.8 Å². The number of benzene rings is 1. The molecule has 1 aromatic carbocycles. The van der Waals surface area contributed by atoms with Gasteiger partial charge in [-0.25, -0.2) is 9.78 Å². The number of carbonyl (C=O) groups is 2.